The molecule has 36 heavy (non-hydrogen) atoms. The summed E-state index contributed by atoms with van der Waals surface area (Å²) in [7, 11) is 2.05. The summed E-state index contributed by atoms with van der Waals surface area (Å²) in [6.07, 6.45) is 1.73. The van der Waals surface area contributed by atoms with E-state index in [4.69, 9.17) is 0 Å². The molecule has 0 aliphatic rings. The predicted molar refractivity (Wildman–Crippen MR) is 145 cm³/mol. The second kappa shape index (κ2) is 9.92. The minimum Gasteiger partial charge on any atom is -0.344 e. The second-order valence-electron chi connectivity index (χ2n) is 8.84. The van der Waals surface area contributed by atoms with Crippen LogP contribution in [-0.4, -0.2) is 16.4 Å². The average Bonchev–Trinajstić information content (AvgIpc) is 3.20. The zero-order valence-corrected chi connectivity index (χ0v) is 20.2. The summed E-state index contributed by atoms with van der Waals surface area (Å²) >= 11 is 0. The van der Waals surface area contributed by atoms with Crippen molar-refractivity contribution in [1.82, 2.24) is 15.2 Å². The molecule has 2 amide bonds. The molecular weight excluding hydrogens is 446 g/mol. The monoisotopic (exact) mass is 473 g/mol. The Labute approximate surface area is 210 Å². The zero-order chi connectivity index (χ0) is 25.1. The zero-order valence-electron chi connectivity index (χ0n) is 20.2. The van der Waals surface area contributed by atoms with Gasteiger partial charge in [-0.1, -0.05) is 72.8 Å². The average molecular weight is 474 g/mol. The van der Waals surface area contributed by atoms with Crippen LogP contribution in [0, 0.1) is 0 Å². The number of benzene rings is 4. The van der Waals surface area contributed by atoms with E-state index in [0.29, 0.717) is 5.56 Å². The number of nitrogens with zero attached hydrogens (tertiary/aromatic N) is 1. The van der Waals surface area contributed by atoms with Crippen molar-refractivity contribution in [3.05, 3.63) is 126 Å². The molecule has 0 aliphatic carbocycles. The summed E-state index contributed by atoms with van der Waals surface area (Å²) in [6.45, 7) is 1.92. The van der Waals surface area contributed by atoms with Gasteiger partial charge in [-0.05, 0) is 54.5 Å². The van der Waals surface area contributed by atoms with E-state index in [0.717, 1.165) is 32.9 Å². The molecule has 5 nitrogen and oxygen atoms in total. The molecule has 0 aliphatic heterocycles. The lowest BCUT2D eigenvalue weighted by molar-refractivity contribution is -0.118. The topological polar surface area (TPSA) is 63.1 Å². The first-order chi connectivity index (χ1) is 17.5. The molecule has 178 valence electrons. The van der Waals surface area contributed by atoms with Gasteiger partial charge in [0.1, 0.15) is 5.70 Å². The second-order valence-corrected chi connectivity index (χ2v) is 8.84. The molecule has 2 N–H and O–H groups in total. The summed E-state index contributed by atoms with van der Waals surface area (Å²) in [5.41, 5.74) is 4.72. The molecule has 5 aromatic rings. The molecule has 0 spiro atoms. The third-order valence-corrected chi connectivity index (χ3v) is 6.42. The van der Waals surface area contributed by atoms with Crippen LogP contribution in [0.4, 0.5) is 0 Å². The summed E-state index contributed by atoms with van der Waals surface area (Å²) in [4.78, 5) is 26.3. The first-order valence-corrected chi connectivity index (χ1v) is 11.9. The number of para-hydroxylation sites is 1. The van der Waals surface area contributed by atoms with Crippen molar-refractivity contribution in [2.45, 2.75) is 13.0 Å². The van der Waals surface area contributed by atoms with Crippen molar-refractivity contribution in [3.8, 4) is 0 Å². The van der Waals surface area contributed by atoms with E-state index in [9.17, 15) is 9.59 Å². The van der Waals surface area contributed by atoms with Crippen LogP contribution in [0.3, 0.4) is 0 Å². The quantitative estimate of drug-likeness (QED) is 0.298. The molecular formula is C31H27N3O2. The van der Waals surface area contributed by atoms with Crippen molar-refractivity contribution in [3.63, 3.8) is 0 Å². The highest BCUT2D eigenvalue weighted by atomic mass is 16.2. The fourth-order valence-electron chi connectivity index (χ4n) is 4.48. The number of fused-ring (bicyclic) bond motifs is 3. The Morgan fingerprint density at radius 1 is 0.778 bits per heavy atom. The van der Waals surface area contributed by atoms with Gasteiger partial charge in [0, 0.05) is 34.4 Å². The van der Waals surface area contributed by atoms with Gasteiger partial charge in [-0.15, -0.1) is 0 Å². The number of nitrogens with one attached hydrogen (secondary N) is 2. The molecule has 0 bridgehead atoms. The van der Waals surface area contributed by atoms with E-state index >= 15 is 0 Å². The summed E-state index contributed by atoms with van der Waals surface area (Å²) in [6, 6.07) is 32.7. The van der Waals surface area contributed by atoms with Gasteiger partial charge in [-0.2, -0.15) is 0 Å². The maximum absolute atomic E-state index is 13.4. The van der Waals surface area contributed by atoms with Gasteiger partial charge in [-0.25, -0.2) is 0 Å². The van der Waals surface area contributed by atoms with Crippen LogP contribution in [0.25, 0.3) is 27.9 Å². The molecule has 0 unspecified atom stereocenters. The number of aryl methyl sites for hydroxylation is 1. The highest BCUT2D eigenvalue weighted by Crippen LogP contribution is 2.29. The van der Waals surface area contributed by atoms with Crippen molar-refractivity contribution in [2.75, 3.05) is 0 Å². The third kappa shape index (κ3) is 4.64. The van der Waals surface area contributed by atoms with Crippen LogP contribution >= 0.6 is 0 Å². The lowest BCUT2D eigenvalue weighted by Crippen LogP contribution is -2.36. The molecule has 4 aromatic carbocycles. The van der Waals surface area contributed by atoms with E-state index in [1.165, 1.54) is 0 Å². The van der Waals surface area contributed by atoms with Gasteiger partial charge >= 0.3 is 0 Å². The van der Waals surface area contributed by atoms with Crippen LogP contribution in [0.5, 0.6) is 0 Å². The van der Waals surface area contributed by atoms with Crippen molar-refractivity contribution in [1.29, 1.82) is 0 Å². The highest BCUT2D eigenvalue weighted by Gasteiger charge is 2.18. The Bertz CT molecular complexity index is 1580. The Morgan fingerprint density at radius 3 is 2.17 bits per heavy atom. The fourth-order valence-corrected chi connectivity index (χ4v) is 4.48. The third-order valence-electron chi connectivity index (χ3n) is 6.42. The Morgan fingerprint density at radius 2 is 1.42 bits per heavy atom. The first kappa shape index (κ1) is 23.1. The maximum Gasteiger partial charge on any atom is 0.268 e. The van der Waals surface area contributed by atoms with E-state index < -0.39 is 0 Å². The van der Waals surface area contributed by atoms with Gasteiger partial charge < -0.3 is 15.2 Å². The lowest BCUT2D eigenvalue weighted by Gasteiger charge is -2.17. The standard InChI is InChI=1S/C31H27N3O2/c1-21(23-11-5-3-6-12-23)32-31(36)27(33-30(35)24-13-7-4-8-14-24)20-22-17-18-29-26(19-22)25-15-9-10-16-28(25)34(29)2/h3-21H,1-2H3,(H,32,36)(H,33,35)/b27-20-/t21-/m1/s1. The smallest absolute Gasteiger partial charge is 0.268 e. The Kier molecular flexibility index (Phi) is 6.37. The molecule has 1 aromatic heterocycles. The Hall–Kier alpha value is -4.64. The molecule has 5 rings (SSSR count). The fraction of sp³-hybridized carbons (Fsp3) is 0.0968. The summed E-state index contributed by atoms with van der Waals surface area (Å²) in [5, 5.41) is 8.08. The normalized spacial score (nSPS) is 12.4. The van der Waals surface area contributed by atoms with Crippen LogP contribution in [-0.2, 0) is 11.8 Å². The molecule has 1 atom stereocenters. The van der Waals surface area contributed by atoms with Gasteiger partial charge in [-0.3, -0.25) is 9.59 Å². The summed E-state index contributed by atoms with van der Waals surface area (Å²) in [5.74, 6) is -0.691. The number of hydrogen-bond acceptors (Lipinski definition) is 2. The van der Waals surface area contributed by atoms with Gasteiger partial charge in [0.05, 0.1) is 6.04 Å². The van der Waals surface area contributed by atoms with Crippen LogP contribution in [0.1, 0.15) is 34.5 Å². The number of aromatic nitrogens is 1. The van der Waals surface area contributed by atoms with E-state index in [2.05, 4.69) is 33.4 Å². The molecule has 5 heteroatoms. The summed E-state index contributed by atoms with van der Waals surface area (Å²) < 4.78 is 2.16. The molecule has 0 fully saturated rings. The van der Waals surface area contributed by atoms with E-state index in [1.807, 2.05) is 74.6 Å². The van der Waals surface area contributed by atoms with Crippen LogP contribution in [0.15, 0.2) is 109 Å². The van der Waals surface area contributed by atoms with Crippen molar-refractivity contribution in [2.24, 2.45) is 7.05 Å². The number of carbonyl (C=O) groups is 2. The SMILES string of the molecule is C[C@@H](NC(=O)/C(=C/c1ccc2c(c1)c1ccccc1n2C)NC(=O)c1ccccc1)c1ccccc1. The van der Waals surface area contributed by atoms with Gasteiger partial charge in [0.15, 0.2) is 0 Å². The van der Waals surface area contributed by atoms with Crippen molar-refractivity contribution < 1.29 is 9.59 Å². The minimum atomic E-state index is -0.353. The Balaban J connectivity index is 1.52. The van der Waals surface area contributed by atoms with Crippen LogP contribution < -0.4 is 10.6 Å². The highest BCUT2D eigenvalue weighted by molar-refractivity contribution is 6.09. The minimum absolute atomic E-state index is 0.186. The van der Waals surface area contributed by atoms with E-state index in [1.54, 1.807) is 30.3 Å². The van der Waals surface area contributed by atoms with Gasteiger partial charge in [0.25, 0.3) is 11.8 Å². The molecule has 1 heterocycles. The largest absolute Gasteiger partial charge is 0.344 e. The lowest BCUT2D eigenvalue weighted by atomic mass is 10.1. The predicted octanol–water partition coefficient (Wildman–Crippen LogP) is 5.98. The number of hydrogen-bond donors (Lipinski definition) is 2. The van der Waals surface area contributed by atoms with Crippen LogP contribution in [0.2, 0.25) is 0 Å². The molecule has 0 radical (unpaired) electrons. The number of amides is 2. The molecule has 0 saturated carbocycles. The van der Waals surface area contributed by atoms with E-state index in [-0.39, 0.29) is 23.6 Å². The molecule has 0 saturated heterocycles. The van der Waals surface area contributed by atoms with Crippen molar-refractivity contribution >= 4 is 39.7 Å². The number of rotatable bonds is 6. The number of carbonyl (C=O) groups excluding carboxylic acids is 2. The maximum atomic E-state index is 13.4. The van der Waals surface area contributed by atoms with Gasteiger partial charge in [0.2, 0.25) is 0 Å². The first-order valence-electron chi connectivity index (χ1n) is 11.9.